The van der Waals surface area contributed by atoms with Gasteiger partial charge in [-0.3, -0.25) is 0 Å². The van der Waals surface area contributed by atoms with Crippen LogP contribution in [0.4, 0.5) is 11.6 Å². The van der Waals surface area contributed by atoms with Crippen LogP contribution in [0.1, 0.15) is 19.3 Å². The van der Waals surface area contributed by atoms with Crippen molar-refractivity contribution in [2.24, 2.45) is 5.41 Å². The fourth-order valence-corrected chi connectivity index (χ4v) is 4.34. The third-order valence-electron chi connectivity index (χ3n) is 5.99. The van der Waals surface area contributed by atoms with Crippen LogP contribution in [0, 0.1) is 5.41 Å². The van der Waals surface area contributed by atoms with Crippen molar-refractivity contribution in [2.75, 3.05) is 50.1 Å². The maximum Gasteiger partial charge on any atom is 0.225 e. The highest BCUT2D eigenvalue weighted by atomic mass is 35.5. The molecule has 1 aromatic carbocycles. The standard InChI is InChI=1S/C21H29N5O.2ClH/c1-25(2)17-6-4-16(5-7-17)18-8-12-23-20(24-18)26-13-3-10-21(15-26)14-22-11-9-19(21)27;;/h4-8,12,19,22,27H,3,9-11,13-15H2,1-2H3;2*1H/t19-,21-;;/m0../s1. The summed E-state index contributed by atoms with van der Waals surface area (Å²) in [5.41, 5.74) is 3.12. The Morgan fingerprint density at radius 2 is 1.93 bits per heavy atom. The second kappa shape index (κ2) is 9.94. The van der Waals surface area contributed by atoms with Crippen molar-refractivity contribution >= 4 is 36.4 Å². The predicted octanol–water partition coefficient (Wildman–Crippen LogP) is 2.99. The smallest absolute Gasteiger partial charge is 0.225 e. The Bertz CT molecular complexity index is 785. The van der Waals surface area contributed by atoms with Crippen molar-refractivity contribution in [1.82, 2.24) is 15.3 Å². The van der Waals surface area contributed by atoms with Gasteiger partial charge in [0.25, 0.3) is 0 Å². The summed E-state index contributed by atoms with van der Waals surface area (Å²) >= 11 is 0. The highest BCUT2D eigenvalue weighted by Crippen LogP contribution is 2.37. The molecule has 2 atom stereocenters. The molecule has 0 amide bonds. The molecule has 2 saturated heterocycles. The normalized spacial score (nSPS) is 23.8. The molecule has 6 nitrogen and oxygen atoms in total. The van der Waals surface area contributed by atoms with Crippen LogP contribution < -0.4 is 15.1 Å². The van der Waals surface area contributed by atoms with Crippen LogP contribution in [0.5, 0.6) is 0 Å². The Morgan fingerprint density at radius 1 is 1.17 bits per heavy atom. The van der Waals surface area contributed by atoms with Gasteiger partial charge in [-0.15, -0.1) is 24.8 Å². The Balaban J connectivity index is 0.00000150. The van der Waals surface area contributed by atoms with Gasteiger partial charge in [0.1, 0.15) is 0 Å². The van der Waals surface area contributed by atoms with Crippen molar-refractivity contribution in [3.05, 3.63) is 36.5 Å². The lowest BCUT2D eigenvalue weighted by molar-refractivity contribution is -0.0103. The SMILES string of the molecule is CN(C)c1ccc(-c2ccnc(N3CCC[C@]4(CNCC[C@@H]4O)C3)n2)cc1.Cl.Cl. The number of halogens is 2. The number of hydrogen-bond acceptors (Lipinski definition) is 6. The maximum atomic E-state index is 10.6. The first-order valence-electron chi connectivity index (χ1n) is 9.82. The Hall–Kier alpha value is -1.60. The number of aliphatic hydroxyl groups is 1. The number of rotatable bonds is 3. The van der Waals surface area contributed by atoms with E-state index in [1.54, 1.807) is 0 Å². The Morgan fingerprint density at radius 3 is 2.62 bits per heavy atom. The lowest BCUT2D eigenvalue weighted by Gasteiger charge is -2.48. The first kappa shape index (κ1) is 23.7. The van der Waals surface area contributed by atoms with Crippen molar-refractivity contribution in [3.8, 4) is 11.3 Å². The van der Waals surface area contributed by atoms with Crippen LogP contribution in [0.2, 0.25) is 0 Å². The number of piperidine rings is 2. The molecule has 2 aliphatic rings. The van der Waals surface area contributed by atoms with Crippen LogP contribution >= 0.6 is 24.8 Å². The second-order valence-corrected chi connectivity index (χ2v) is 8.05. The maximum absolute atomic E-state index is 10.6. The number of benzene rings is 1. The fourth-order valence-electron chi connectivity index (χ4n) is 4.34. The van der Waals surface area contributed by atoms with Crippen molar-refractivity contribution in [1.29, 1.82) is 0 Å². The zero-order chi connectivity index (χ0) is 18.9. The summed E-state index contributed by atoms with van der Waals surface area (Å²) in [6, 6.07) is 10.4. The summed E-state index contributed by atoms with van der Waals surface area (Å²) in [6.07, 6.45) is 4.54. The van der Waals surface area contributed by atoms with E-state index in [-0.39, 0.29) is 36.3 Å². The van der Waals surface area contributed by atoms with E-state index in [1.807, 2.05) is 26.4 Å². The topological polar surface area (TPSA) is 64.5 Å². The molecule has 1 spiro atoms. The summed E-state index contributed by atoms with van der Waals surface area (Å²) in [7, 11) is 4.08. The molecular formula is C21H31Cl2N5O. The molecule has 8 heteroatoms. The predicted molar refractivity (Wildman–Crippen MR) is 124 cm³/mol. The second-order valence-electron chi connectivity index (χ2n) is 8.05. The monoisotopic (exact) mass is 439 g/mol. The quantitative estimate of drug-likeness (QED) is 0.765. The summed E-state index contributed by atoms with van der Waals surface area (Å²) in [5, 5.41) is 14.1. The zero-order valence-corrected chi connectivity index (χ0v) is 18.7. The Labute approximate surface area is 185 Å². The van der Waals surface area contributed by atoms with Gasteiger partial charge in [0.15, 0.2) is 0 Å². The van der Waals surface area contributed by atoms with E-state index in [9.17, 15) is 5.11 Å². The molecule has 2 N–H and O–H groups in total. The number of aliphatic hydroxyl groups excluding tert-OH is 1. The van der Waals surface area contributed by atoms with E-state index in [4.69, 9.17) is 4.98 Å². The van der Waals surface area contributed by atoms with E-state index in [0.29, 0.717) is 0 Å². The molecule has 0 unspecified atom stereocenters. The largest absolute Gasteiger partial charge is 0.392 e. The average Bonchev–Trinajstić information content (AvgIpc) is 2.71. The first-order valence-corrected chi connectivity index (χ1v) is 9.82. The van der Waals surface area contributed by atoms with Crippen LogP contribution in [-0.4, -0.2) is 61.5 Å². The van der Waals surface area contributed by atoms with E-state index in [0.717, 1.165) is 62.6 Å². The summed E-state index contributed by atoms with van der Waals surface area (Å²) in [6.45, 7) is 3.52. The van der Waals surface area contributed by atoms with Crippen LogP contribution in [0.25, 0.3) is 11.3 Å². The molecular weight excluding hydrogens is 409 g/mol. The highest BCUT2D eigenvalue weighted by molar-refractivity contribution is 5.85. The molecule has 0 aliphatic carbocycles. The molecule has 1 aromatic heterocycles. The third-order valence-corrected chi connectivity index (χ3v) is 5.99. The van der Waals surface area contributed by atoms with Gasteiger partial charge in [-0.05, 0) is 44.0 Å². The average molecular weight is 440 g/mol. The van der Waals surface area contributed by atoms with Gasteiger partial charge in [0.05, 0.1) is 11.8 Å². The van der Waals surface area contributed by atoms with Gasteiger partial charge >= 0.3 is 0 Å². The molecule has 0 radical (unpaired) electrons. The number of nitrogens with zero attached hydrogens (tertiary/aromatic N) is 4. The summed E-state index contributed by atoms with van der Waals surface area (Å²) in [4.78, 5) is 13.7. The van der Waals surface area contributed by atoms with E-state index in [1.165, 1.54) is 5.69 Å². The number of aromatic nitrogens is 2. The third kappa shape index (κ3) is 4.94. The van der Waals surface area contributed by atoms with Gasteiger partial charge in [-0.1, -0.05) is 12.1 Å². The fraction of sp³-hybridized carbons (Fsp3) is 0.524. The van der Waals surface area contributed by atoms with Crippen LogP contribution in [-0.2, 0) is 0 Å². The molecule has 0 bridgehead atoms. The van der Waals surface area contributed by atoms with E-state index >= 15 is 0 Å². The summed E-state index contributed by atoms with van der Waals surface area (Å²) < 4.78 is 0. The molecule has 2 aromatic rings. The van der Waals surface area contributed by atoms with Gasteiger partial charge in [-0.2, -0.15) is 0 Å². The highest BCUT2D eigenvalue weighted by Gasteiger charge is 2.43. The molecule has 160 valence electrons. The van der Waals surface area contributed by atoms with E-state index < -0.39 is 0 Å². The minimum absolute atomic E-state index is 0. The van der Waals surface area contributed by atoms with Crippen LogP contribution in [0.3, 0.4) is 0 Å². The Kier molecular flexibility index (Phi) is 8.11. The zero-order valence-electron chi connectivity index (χ0n) is 17.0. The number of anilines is 2. The molecule has 2 fully saturated rings. The van der Waals surface area contributed by atoms with Gasteiger partial charge in [0, 0.05) is 56.6 Å². The minimum Gasteiger partial charge on any atom is -0.392 e. The molecule has 4 rings (SSSR count). The number of hydrogen-bond donors (Lipinski definition) is 2. The van der Waals surface area contributed by atoms with Crippen molar-refractivity contribution in [2.45, 2.75) is 25.4 Å². The van der Waals surface area contributed by atoms with Gasteiger partial charge < -0.3 is 20.2 Å². The molecule has 0 saturated carbocycles. The lowest BCUT2D eigenvalue weighted by Crippen LogP contribution is -2.58. The van der Waals surface area contributed by atoms with Crippen molar-refractivity contribution < 1.29 is 5.11 Å². The van der Waals surface area contributed by atoms with Gasteiger partial charge in [-0.25, -0.2) is 9.97 Å². The van der Waals surface area contributed by atoms with Crippen molar-refractivity contribution in [3.63, 3.8) is 0 Å². The summed E-state index contributed by atoms with van der Waals surface area (Å²) in [5.74, 6) is 0.765. The lowest BCUT2D eigenvalue weighted by atomic mass is 9.72. The molecule has 29 heavy (non-hydrogen) atoms. The minimum atomic E-state index is -0.247. The van der Waals surface area contributed by atoms with E-state index in [2.05, 4.69) is 44.4 Å². The molecule has 3 heterocycles. The first-order chi connectivity index (χ1) is 13.1. The number of nitrogens with one attached hydrogen (secondary N) is 1. The molecule has 2 aliphatic heterocycles. The van der Waals surface area contributed by atoms with Gasteiger partial charge in [0.2, 0.25) is 5.95 Å². The van der Waals surface area contributed by atoms with Crippen LogP contribution in [0.15, 0.2) is 36.5 Å².